The van der Waals surface area contributed by atoms with Crippen LogP contribution in [-0.4, -0.2) is 46.5 Å². The zero-order valence-electron chi connectivity index (χ0n) is 11.7. The maximum absolute atomic E-state index is 12.5. The molecular weight excluding hydrogens is 240 g/mol. The molecule has 0 bridgehead atoms. The number of hydrogen-bond acceptors (Lipinski definition) is 4. The number of aryl methyl sites for hydroxylation is 1. The highest BCUT2D eigenvalue weighted by Gasteiger charge is 2.26. The summed E-state index contributed by atoms with van der Waals surface area (Å²) in [5.74, 6) is 0.00282. The predicted octanol–water partition coefficient (Wildman–Crippen LogP) is 1.39. The van der Waals surface area contributed by atoms with Crippen LogP contribution in [0.3, 0.4) is 0 Å². The molecule has 1 atom stereocenters. The molecule has 1 fully saturated rings. The summed E-state index contributed by atoms with van der Waals surface area (Å²) in [5.41, 5.74) is 1.28. The second kappa shape index (κ2) is 6.61. The molecule has 0 aliphatic carbocycles. The van der Waals surface area contributed by atoms with Gasteiger partial charge in [-0.25, -0.2) is 4.98 Å². The van der Waals surface area contributed by atoms with Crippen molar-refractivity contribution in [1.29, 1.82) is 0 Å². The molecule has 2 heterocycles. The van der Waals surface area contributed by atoms with Gasteiger partial charge in [0.05, 0.1) is 11.9 Å². The third-order valence-electron chi connectivity index (χ3n) is 3.44. The van der Waals surface area contributed by atoms with Crippen LogP contribution in [0.15, 0.2) is 12.4 Å². The number of nitrogens with one attached hydrogen (secondary N) is 1. The molecular formula is C14H22N4O. The van der Waals surface area contributed by atoms with Gasteiger partial charge in [0, 0.05) is 25.3 Å². The van der Waals surface area contributed by atoms with E-state index in [0.717, 1.165) is 44.6 Å². The molecule has 1 aliphatic rings. The Morgan fingerprint density at radius 2 is 2.32 bits per heavy atom. The van der Waals surface area contributed by atoms with E-state index in [-0.39, 0.29) is 11.9 Å². The van der Waals surface area contributed by atoms with Gasteiger partial charge in [0.1, 0.15) is 5.69 Å². The third kappa shape index (κ3) is 3.50. The molecule has 0 aromatic carbocycles. The first-order chi connectivity index (χ1) is 9.22. The van der Waals surface area contributed by atoms with Crippen LogP contribution < -0.4 is 5.32 Å². The number of aromatic nitrogens is 2. The molecule has 5 nitrogen and oxygen atoms in total. The molecule has 0 saturated carbocycles. The van der Waals surface area contributed by atoms with Crippen molar-refractivity contribution in [3.63, 3.8) is 0 Å². The Morgan fingerprint density at radius 1 is 1.47 bits per heavy atom. The zero-order chi connectivity index (χ0) is 13.7. The van der Waals surface area contributed by atoms with Crippen LogP contribution in [0.5, 0.6) is 0 Å². The summed E-state index contributed by atoms with van der Waals surface area (Å²) in [7, 11) is 0. The molecule has 1 aromatic heterocycles. The van der Waals surface area contributed by atoms with Gasteiger partial charge in [-0.3, -0.25) is 9.78 Å². The lowest BCUT2D eigenvalue weighted by Crippen LogP contribution is -2.49. The molecule has 0 radical (unpaired) electrons. The summed E-state index contributed by atoms with van der Waals surface area (Å²) in [5, 5.41) is 3.36. The van der Waals surface area contributed by atoms with Crippen molar-refractivity contribution in [3.8, 4) is 0 Å². The van der Waals surface area contributed by atoms with Gasteiger partial charge in [-0.1, -0.05) is 6.92 Å². The van der Waals surface area contributed by atoms with Gasteiger partial charge in [-0.2, -0.15) is 0 Å². The van der Waals surface area contributed by atoms with E-state index in [0.29, 0.717) is 5.69 Å². The van der Waals surface area contributed by atoms with E-state index in [4.69, 9.17) is 0 Å². The molecule has 1 aromatic rings. The fraction of sp³-hybridized carbons (Fsp3) is 0.643. The van der Waals surface area contributed by atoms with Gasteiger partial charge in [-0.05, 0) is 32.7 Å². The van der Waals surface area contributed by atoms with Crippen LogP contribution in [0.4, 0.5) is 0 Å². The zero-order valence-corrected chi connectivity index (χ0v) is 11.7. The number of carbonyl (C=O) groups is 1. The number of rotatable bonds is 4. The second-order valence-corrected chi connectivity index (χ2v) is 5.04. The van der Waals surface area contributed by atoms with E-state index in [1.54, 1.807) is 12.4 Å². The average molecular weight is 262 g/mol. The minimum Gasteiger partial charge on any atom is -0.333 e. The number of amides is 1. The van der Waals surface area contributed by atoms with Crippen molar-refractivity contribution < 1.29 is 4.79 Å². The van der Waals surface area contributed by atoms with Gasteiger partial charge < -0.3 is 10.2 Å². The van der Waals surface area contributed by atoms with E-state index < -0.39 is 0 Å². The second-order valence-electron chi connectivity index (χ2n) is 5.04. The third-order valence-corrected chi connectivity index (χ3v) is 3.44. The van der Waals surface area contributed by atoms with Gasteiger partial charge in [0.25, 0.3) is 5.91 Å². The number of carbonyl (C=O) groups excluding carboxylic acids is 1. The highest BCUT2D eigenvalue weighted by atomic mass is 16.2. The van der Waals surface area contributed by atoms with E-state index in [1.807, 2.05) is 11.8 Å². The minimum absolute atomic E-state index is 0.00282. The van der Waals surface area contributed by atoms with Gasteiger partial charge in [0.15, 0.2) is 0 Å². The van der Waals surface area contributed by atoms with Crippen molar-refractivity contribution in [3.05, 3.63) is 23.8 Å². The highest BCUT2D eigenvalue weighted by molar-refractivity contribution is 5.92. The largest absolute Gasteiger partial charge is 0.333 e. The SMILES string of the molecule is CCCN(C(=O)c1cnc(C)cn1)C1CCCNC1. The summed E-state index contributed by atoms with van der Waals surface area (Å²) in [6.45, 7) is 6.67. The minimum atomic E-state index is 0.00282. The van der Waals surface area contributed by atoms with Crippen LogP contribution in [-0.2, 0) is 0 Å². The Balaban J connectivity index is 2.13. The summed E-state index contributed by atoms with van der Waals surface area (Å²) >= 11 is 0. The van der Waals surface area contributed by atoms with Crippen molar-refractivity contribution in [2.75, 3.05) is 19.6 Å². The highest BCUT2D eigenvalue weighted by Crippen LogP contribution is 2.14. The molecule has 104 valence electrons. The Morgan fingerprint density at radius 3 is 2.89 bits per heavy atom. The molecule has 0 spiro atoms. The van der Waals surface area contributed by atoms with Crippen LogP contribution in [0.25, 0.3) is 0 Å². The molecule has 2 rings (SSSR count). The molecule has 1 N–H and O–H groups in total. The fourth-order valence-corrected chi connectivity index (χ4v) is 2.44. The lowest BCUT2D eigenvalue weighted by atomic mass is 10.1. The first-order valence-electron chi connectivity index (χ1n) is 7.02. The van der Waals surface area contributed by atoms with Gasteiger partial charge in [0.2, 0.25) is 0 Å². The fourth-order valence-electron chi connectivity index (χ4n) is 2.44. The van der Waals surface area contributed by atoms with E-state index in [2.05, 4.69) is 22.2 Å². The van der Waals surface area contributed by atoms with E-state index in [9.17, 15) is 4.79 Å². The van der Waals surface area contributed by atoms with E-state index >= 15 is 0 Å². The number of piperidine rings is 1. The summed E-state index contributed by atoms with van der Waals surface area (Å²) < 4.78 is 0. The van der Waals surface area contributed by atoms with Gasteiger partial charge >= 0.3 is 0 Å². The summed E-state index contributed by atoms with van der Waals surface area (Å²) in [6.07, 6.45) is 6.38. The number of nitrogens with zero attached hydrogens (tertiary/aromatic N) is 3. The molecule has 1 aliphatic heterocycles. The van der Waals surface area contributed by atoms with Crippen LogP contribution in [0.2, 0.25) is 0 Å². The number of hydrogen-bond donors (Lipinski definition) is 1. The van der Waals surface area contributed by atoms with Gasteiger partial charge in [-0.15, -0.1) is 0 Å². The Hall–Kier alpha value is -1.49. The standard InChI is InChI=1S/C14H22N4O/c1-3-7-18(12-5-4-6-15-9-12)14(19)13-10-16-11(2)8-17-13/h8,10,12,15H,3-7,9H2,1-2H3. The maximum Gasteiger partial charge on any atom is 0.274 e. The van der Waals surface area contributed by atoms with Crippen molar-refractivity contribution in [2.24, 2.45) is 0 Å². The van der Waals surface area contributed by atoms with Crippen molar-refractivity contribution in [2.45, 2.75) is 39.2 Å². The Bertz CT molecular complexity index is 412. The van der Waals surface area contributed by atoms with Crippen LogP contribution in [0, 0.1) is 6.92 Å². The normalized spacial score (nSPS) is 19.2. The Labute approximate surface area is 114 Å². The van der Waals surface area contributed by atoms with Crippen molar-refractivity contribution in [1.82, 2.24) is 20.2 Å². The van der Waals surface area contributed by atoms with Crippen LogP contribution in [0.1, 0.15) is 42.4 Å². The molecule has 19 heavy (non-hydrogen) atoms. The molecule has 1 unspecified atom stereocenters. The van der Waals surface area contributed by atoms with E-state index in [1.165, 1.54) is 0 Å². The quantitative estimate of drug-likeness (QED) is 0.891. The first kappa shape index (κ1) is 13.9. The smallest absolute Gasteiger partial charge is 0.274 e. The topological polar surface area (TPSA) is 58.1 Å². The average Bonchev–Trinajstić information content (AvgIpc) is 2.46. The predicted molar refractivity (Wildman–Crippen MR) is 74.0 cm³/mol. The first-order valence-corrected chi connectivity index (χ1v) is 7.02. The van der Waals surface area contributed by atoms with Crippen LogP contribution >= 0.6 is 0 Å². The lowest BCUT2D eigenvalue weighted by molar-refractivity contribution is 0.0642. The molecule has 1 amide bonds. The summed E-state index contributed by atoms with van der Waals surface area (Å²) in [6, 6.07) is 0.282. The molecule has 5 heteroatoms. The van der Waals surface area contributed by atoms with Crippen molar-refractivity contribution >= 4 is 5.91 Å². The lowest BCUT2D eigenvalue weighted by Gasteiger charge is -2.34. The monoisotopic (exact) mass is 262 g/mol. The molecule has 1 saturated heterocycles. The summed E-state index contributed by atoms with van der Waals surface area (Å²) in [4.78, 5) is 22.9. The maximum atomic E-state index is 12.5. The Kier molecular flexibility index (Phi) is 4.85.